The van der Waals surface area contributed by atoms with E-state index in [1.54, 1.807) is 37.5 Å². The van der Waals surface area contributed by atoms with E-state index in [4.69, 9.17) is 20.3 Å². The maximum Gasteiger partial charge on any atom is 0.163 e. The summed E-state index contributed by atoms with van der Waals surface area (Å²) in [5.41, 5.74) is 9.26. The lowest BCUT2D eigenvalue weighted by Gasteiger charge is -2.26. The number of halogens is 1. The Balaban J connectivity index is 1.21. The second-order valence-corrected chi connectivity index (χ2v) is 9.19. The molecule has 0 bridgehead atoms. The molecule has 11 heteroatoms. The van der Waals surface area contributed by atoms with E-state index in [1.165, 1.54) is 18.5 Å². The van der Waals surface area contributed by atoms with Crippen LogP contribution in [-0.2, 0) is 13.2 Å². The van der Waals surface area contributed by atoms with Crippen molar-refractivity contribution in [2.75, 3.05) is 18.8 Å². The van der Waals surface area contributed by atoms with Gasteiger partial charge in [0.25, 0.3) is 0 Å². The molecule has 0 unspecified atom stereocenters. The second kappa shape index (κ2) is 10.0. The number of aromatic nitrogens is 6. The van der Waals surface area contributed by atoms with Crippen LogP contribution in [0.25, 0.3) is 22.3 Å². The Bertz CT molecular complexity index is 1580. The van der Waals surface area contributed by atoms with Gasteiger partial charge in [0.15, 0.2) is 5.65 Å². The Hall–Kier alpha value is -4.64. The van der Waals surface area contributed by atoms with Gasteiger partial charge < -0.3 is 20.5 Å². The van der Waals surface area contributed by atoms with Crippen LogP contribution in [0.5, 0.6) is 17.2 Å². The van der Waals surface area contributed by atoms with Gasteiger partial charge in [0.2, 0.25) is 0 Å². The molecule has 5 aromatic rings. The maximum atomic E-state index is 14.3. The van der Waals surface area contributed by atoms with Crippen molar-refractivity contribution < 1.29 is 13.9 Å². The molecule has 6 rings (SSSR count). The lowest BCUT2D eigenvalue weighted by molar-refractivity contribution is 0.299. The number of anilines is 1. The second-order valence-electron chi connectivity index (χ2n) is 9.19. The van der Waals surface area contributed by atoms with Gasteiger partial charge in [-0.1, -0.05) is 0 Å². The van der Waals surface area contributed by atoms with Gasteiger partial charge in [-0.25, -0.2) is 29.0 Å². The number of nitrogens with one attached hydrogen (secondary N) is 1. The molecule has 0 spiro atoms. The monoisotopic (exact) mass is 512 g/mol. The molecule has 0 radical (unpaired) electrons. The number of fused-ring (bicyclic) bond motifs is 1. The van der Waals surface area contributed by atoms with E-state index in [0.29, 0.717) is 46.1 Å². The smallest absolute Gasteiger partial charge is 0.163 e. The van der Waals surface area contributed by atoms with Gasteiger partial charge in [-0.3, -0.25) is 0 Å². The molecular formula is C27H25FN8O2. The van der Waals surface area contributed by atoms with E-state index in [0.717, 1.165) is 36.1 Å². The van der Waals surface area contributed by atoms with Gasteiger partial charge in [-0.05, 0) is 31.2 Å². The van der Waals surface area contributed by atoms with Crippen molar-refractivity contribution in [2.45, 2.75) is 20.1 Å². The van der Waals surface area contributed by atoms with Crippen LogP contribution in [0.3, 0.4) is 0 Å². The molecule has 0 amide bonds. The highest BCUT2D eigenvalue weighted by atomic mass is 19.1. The molecular weight excluding hydrogens is 487 g/mol. The fourth-order valence-corrected chi connectivity index (χ4v) is 4.24. The van der Waals surface area contributed by atoms with Crippen LogP contribution in [0.4, 0.5) is 10.2 Å². The van der Waals surface area contributed by atoms with Gasteiger partial charge in [0, 0.05) is 67.3 Å². The lowest BCUT2D eigenvalue weighted by atomic mass is 10.0. The summed E-state index contributed by atoms with van der Waals surface area (Å²) in [5, 5.41) is 8.82. The van der Waals surface area contributed by atoms with Crippen molar-refractivity contribution in [3.8, 4) is 28.5 Å². The molecule has 1 fully saturated rings. The van der Waals surface area contributed by atoms with Crippen molar-refractivity contribution in [2.24, 2.45) is 5.92 Å². The predicted molar refractivity (Wildman–Crippen MR) is 139 cm³/mol. The molecule has 2 aromatic carbocycles. The third-order valence-corrected chi connectivity index (χ3v) is 6.30. The quantitative estimate of drug-likeness (QED) is 0.318. The molecule has 4 heterocycles. The molecule has 0 aliphatic carbocycles. The maximum absolute atomic E-state index is 14.3. The summed E-state index contributed by atoms with van der Waals surface area (Å²) in [6.45, 7) is 4.68. The minimum absolute atomic E-state index is 0.211. The molecule has 0 saturated carbocycles. The molecule has 10 nitrogen and oxygen atoms in total. The van der Waals surface area contributed by atoms with Crippen LogP contribution in [-0.4, -0.2) is 42.8 Å². The highest BCUT2D eigenvalue weighted by Crippen LogP contribution is 2.33. The Kier molecular flexibility index (Phi) is 6.26. The van der Waals surface area contributed by atoms with Crippen LogP contribution in [0.1, 0.15) is 11.4 Å². The number of nitrogens with zero attached hydrogens (tertiary/aromatic N) is 6. The Labute approximate surface area is 217 Å². The zero-order valence-corrected chi connectivity index (χ0v) is 20.6. The predicted octanol–water partition coefficient (Wildman–Crippen LogP) is 3.90. The number of aryl methyl sites for hydroxylation is 1. The summed E-state index contributed by atoms with van der Waals surface area (Å²) in [7, 11) is 0. The van der Waals surface area contributed by atoms with Crippen LogP contribution >= 0.6 is 0 Å². The lowest BCUT2D eigenvalue weighted by Crippen LogP contribution is -2.44. The Morgan fingerprint density at radius 2 is 1.76 bits per heavy atom. The van der Waals surface area contributed by atoms with Crippen molar-refractivity contribution in [3.63, 3.8) is 0 Å². The minimum Gasteiger partial charge on any atom is -0.489 e. The first-order valence-electron chi connectivity index (χ1n) is 12.2. The average Bonchev–Trinajstić information content (AvgIpc) is 3.26. The first-order valence-corrected chi connectivity index (χ1v) is 12.2. The number of rotatable bonds is 8. The molecule has 192 valence electrons. The van der Waals surface area contributed by atoms with Crippen molar-refractivity contribution in [3.05, 3.63) is 78.4 Å². The van der Waals surface area contributed by atoms with Crippen LogP contribution in [0, 0.1) is 18.7 Å². The van der Waals surface area contributed by atoms with E-state index in [2.05, 4.69) is 25.3 Å². The Morgan fingerprint density at radius 3 is 2.50 bits per heavy atom. The molecule has 1 aliphatic rings. The van der Waals surface area contributed by atoms with Crippen molar-refractivity contribution in [1.29, 1.82) is 0 Å². The van der Waals surface area contributed by atoms with Crippen LogP contribution in [0.15, 0.2) is 61.2 Å². The van der Waals surface area contributed by atoms with Crippen molar-refractivity contribution in [1.82, 2.24) is 35.0 Å². The summed E-state index contributed by atoms with van der Waals surface area (Å²) in [4.78, 5) is 16.9. The summed E-state index contributed by atoms with van der Waals surface area (Å²) < 4.78 is 27.8. The Morgan fingerprint density at radius 1 is 1.00 bits per heavy atom. The van der Waals surface area contributed by atoms with Gasteiger partial charge in [0.1, 0.15) is 53.3 Å². The zero-order valence-electron chi connectivity index (χ0n) is 20.6. The normalized spacial score (nSPS) is 13.4. The third kappa shape index (κ3) is 4.96. The van der Waals surface area contributed by atoms with Crippen molar-refractivity contribution >= 4 is 16.9 Å². The van der Waals surface area contributed by atoms with Gasteiger partial charge >= 0.3 is 0 Å². The zero-order chi connectivity index (χ0) is 26.1. The fourth-order valence-electron chi connectivity index (χ4n) is 4.24. The average molecular weight is 513 g/mol. The first kappa shape index (κ1) is 23.7. The van der Waals surface area contributed by atoms with E-state index in [-0.39, 0.29) is 6.61 Å². The van der Waals surface area contributed by atoms with Gasteiger partial charge in [0.05, 0.1) is 5.39 Å². The summed E-state index contributed by atoms with van der Waals surface area (Å²) in [6, 6.07) is 11.6. The molecule has 0 atom stereocenters. The SMILES string of the molecule is Cc1ncc(COc2cc(F)cc(Oc3ccc(-c4nn(CC5CNC5)c5ncnc(N)c45)cc3)c2)cn1. The van der Waals surface area contributed by atoms with E-state index in [9.17, 15) is 4.39 Å². The molecule has 38 heavy (non-hydrogen) atoms. The van der Waals surface area contributed by atoms with Crippen LogP contribution in [0.2, 0.25) is 0 Å². The van der Waals surface area contributed by atoms with E-state index < -0.39 is 5.82 Å². The molecule has 1 aliphatic heterocycles. The topological polar surface area (TPSA) is 126 Å². The van der Waals surface area contributed by atoms with E-state index in [1.807, 2.05) is 16.8 Å². The summed E-state index contributed by atoms with van der Waals surface area (Å²) in [5.74, 6) is 2.27. The number of hydrogen-bond donors (Lipinski definition) is 2. The van der Waals surface area contributed by atoms with E-state index >= 15 is 0 Å². The third-order valence-electron chi connectivity index (χ3n) is 6.30. The van der Waals surface area contributed by atoms with Gasteiger partial charge in [-0.15, -0.1) is 0 Å². The fraction of sp³-hybridized carbons (Fsp3) is 0.222. The highest BCUT2D eigenvalue weighted by molar-refractivity contribution is 5.98. The number of nitrogen functional groups attached to an aromatic ring is 1. The molecule has 3 N–H and O–H groups in total. The number of nitrogens with two attached hydrogens (primary N) is 1. The molecule has 1 saturated heterocycles. The summed E-state index contributed by atoms with van der Waals surface area (Å²) >= 11 is 0. The van der Waals surface area contributed by atoms with Gasteiger partial charge in [-0.2, -0.15) is 5.10 Å². The molecule has 3 aromatic heterocycles. The number of benzene rings is 2. The first-order chi connectivity index (χ1) is 18.5. The number of hydrogen-bond acceptors (Lipinski definition) is 9. The minimum atomic E-state index is -0.469. The number of ether oxygens (including phenoxy) is 2. The van der Waals surface area contributed by atoms with Crippen LogP contribution < -0.4 is 20.5 Å². The summed E-state index contributed by atoms with van der Waals surface area (Å²) in [6.07, 6.45) is 4.81. The standard InChI is InChI=1S/C27H25FN8O2/c1-16-31-11-18(12-32-16)14-37-22-6-20(28)7-23(8-22)38-21-4-2-19(3-5-21)25-24-26(29)33-15-34-27(24)36(35-25)13-17-9-30-10-17/h2-8,11-12,15,17,30H,9-10,13-14H2,1H3,(H2,29,33,34). The highest BCUT2D eigenvalue weighted by Gasteiger charge is 2.22. The largest absolute Gasteiger partial charge is 0.489 e.